The molecule has 0 spiro atoms. The number of halogens is 2. The van der Waals surface area contributed by atoms with Gasteiger partial charge in [-0.1, -0.05) is 6.07 Å². The van der Waals surface area contributed by atoms with Gasteiger partial charge in [-0.25, -0.2) is 8.78 Å². The minimum Gasteiger partial charge on any atom is -0.378 e. The number of carbonyl (C=O) groups excluding carboxylic acids is 1. The Bertz CT molecular complexity index is 1110. The highest BCUT2D eigenvalue weighted by Crippen LogP contribution is 2.32. The van der Waals surface area contributed by atoms with Crippen molar-refractivity contribution in [1.82, 2.24) is 14.9 Å². The van der Waals surface area contributed by atoms with Crippen LogP contribution >= 0.6 is 0 Å². The summed E-state index contributed by atoms with van der Waals surface area (Å²) in [5.41, 5.74) is 4.80. The zero-order valence-electron chi connectivity index (χ0n) is 18.2. The van der Waals surface area contributed by atoms with Crippen LogP contribution in [0.2, 0.25) is 0 Å². The van der Waals surface area contributed by atoms with Crippen molar-refractivity contribution in [2.24, 2.45) is 0 Å². The van der Waals surface area contributed by atoms with E-state index in [2.05, 4.69) is 15.2 Å². The average molecular weight is 440 g/mol. The third-order valence-corrected chi connectivity index (χ3v) is 5.80. The summed E-state index contributed by atoms with van der Waals surface area (Å²) in [5.74, 6) is -2.01. The quantitative estimate of drug-likeness (QED) is 0.637. The standard InChI is InChI=1S/C24H26F2N4O2/c1-16-22(29-9-11-32-12-10-29)17(2)30(15-19-3-4-20(25)21(26)13-19)23(16)24(31)28-14-18-5-7-27-8-6-18/h3-8,13H,9-12,14-15H2,1-2H3,(H,28,31). The van der Waals surface area contributed by atoms with Crippen LogP contribution in [-0.2, 0) is 17.8 Å². The van der Waals surface area contributed by atoms with Crippen molar-refractivity contribution in [1.29, 1.82) is 0 Å². The Morgan fingerprint density at radius 3 is 2.47 bits per heavy atom. The minimum atomic E-state index is -0.902. The average Bonchev–Trinajstić information content (AvgIpc) is 3.05. The molecule has 32 heavy (non-hydrogen) atoms. The van der Waals surface area contributed by atoms with Crippen molar-refractivity contribution in [2.75, 3.05) is 31.2 Å². The molecule has 0 atom stereocenters. The Hall–Kier alpha value is -3.26. The van der Waals surface area contributed by atoms with Crippen LogP contribution in [0.5, 0.6) is 0 Å². The Balaban J connectivity index is 1.70. The summed E-state index contributed by atoms with van der Waals surface area (Å²) in [5, 5.41) is 2.98. The summed E-state index contributed by atoms with van der Waals surface area (Å²) < 4.78 is 34.6. The number of aromatic nitrogens is 2. The zero-order valence-corrected chi connectivity index (χ0v) is 18.2. The van der Waals surface area contributed by atoms with Gasteiger partial charge in [-0.05, 0) is 49.2 Å². The van der Waals surface area contributed by atoms with Gasteiger partial charge in [0.15, 0.2) is 11.6 Å². The van der Waals surface area contributed by atoms with Crippen LogP contribution in [0, 0.1) is 25.5 Å². The molecule has 1 saturated heterocycles. The second kappa shape index (κ2) is 9.48. The summed E-state index contributed by atoms with van der Waals surface area (Å²) in [6.07, 6.45) is 3.36. The van der Waals surface area contributed by atoms with Gasteiger partial charge in [0.1, 0.15) is 5.69 Å². The van der Waals surface area contributed by atoms with Crippen LogP contribution in [-0.4, -0.2) is 41.8 Å². The second-order valence-corrected chi connectivity index (χ2v) is 7.88. The molecular formula is C24H26F2N4O2. The molecule has 1 N–H and O–H groups in total. The lowest BCUT2D eigenvalue weighted by Gasteiger charge is -2.29. The number of amides is 1. The zero-order chi connectivity index (χ0) is 22.7. The summed E-state index contributed by atoms with van der Waals surface area (Å²) in [4.78, 5) is 19.5. The van der Waals surface area contributed by atoms with E-state index in [9.17, 15) is 13.6 Å². The summed E-state index contributed by atoms with van der Waals surface area (Å²) in [7, 11) is 0. The first kappa shape index (κ1) is 22.0. The lowest BCUT2D eigenvalue weighted by atomic mass is 10.1. The van der Waals surface area contributed by atoms with E-state index in [1.165, 1.54) is 6.07 Å². The molecule has 4 rings (SSSR count). The van der Waals surface area contributed by atoms with E-state index in [0.29, 0.717) is 31.0 Å². The Labute approximate surface area is 185 Å². The van der Waals surface area contributed by atoms with Crippen LogP contribution in [0.15, 0.2) is 42.7 Å². The maximum absolute atomic E-state index is 13.8. The van der Waals surface area contributed by atoms with Crippen molar-refractivity contribution in [3.63, 3.8) is 0 Å². The number of anilines is 1. The molecule has 1 aliphatic heterocycles. The van der Waals surface area contributed by atoms with Crippen molar-refractivity contribution >= 4 is 11.6 Å². The van der Waals surface area contributed by atoms with Crippen LogP contribution in [0.1, 0.15) is 32.9 Å². The number of carbonyl (C=O) groups is 1. The molecule has 0 saturated carbocycles. The summed E-state index contributed by atoms with van der Waals surface area (Å²) in [6.45, 7) is 7.21. The molecule has 6 nitrogen and oxygen atoms in total. The van der Waals surface area contributed by atoms with Gasteiger partial charge in [0, 0.05) is 49.8 Å². The van der Waals surface area contributed by atoms with Crippen molar-refractivity contribution in [3.05, 3.63) is 82.4 Å². The van der Waals surface area contributed by atoms with Crippen LogP contribution in [0.4, 0.5) is 14.5 Å². The molecule has 1 aliphatic rings. The Kier molecular flexibility index (Phi) is 6.50. The van der Waals surface area contributed by atoms with E-state index in [1.54, 1.807) is 18.5 Å². The van der Waals surface area contributed by atoms with Crippen LogP contribution < -0.4 is 10.2 Å². The topological polar surface area (TPSA) is 59.4 Å². The number of hydrogen-bond acceptors (Lipinski definition) is 4. The molecule has 0 unspecified atom stereocenters. The predicted molar refractivity (Wildman–Crippen MR) is 118 cm³/mol. The van der Waals surface area contributed by atoms with Crippen LogP contribution in [0.25, 0.3) is 0 Å². The van der Waals surface area contributed by atoms with Crippen LogP contribution in [0.3, 0.4) is 0 Å². The molecule has 8 heteroatoms. The normalized spacial score (nSPS) is 13.9. The molecular weight excluding hydrogens is 414 g/mol. The third kappa shape index (κ3) is 4.50. The lowest BCUT2D eigenvalue weighted by Crippen LogP contribution is -2.36. The maximum atomic E-state index is 13.8. The molecule has 1 amide bonds. The largest absolute Gasteiger partial charge is 0.378 e. The highest BCUT2D eigenvalue weighted by molar-refractivity contribution is 5.96. The van der Waals surface area contributed by atoms with Gasteiger partial charge in [0.05, 0.1) is 18.9 Å². The van der Waals surface area contributed by atoms with Gasteiger partial charge in [-0.15, -0.1) is 0 Å². The molecule has 3 aromatic rings. The van der Waals surface area contributed by atoms with Gasteiger partial charge in [0.2, 0.25) is 0 Å². The highest BCUT2D eigenvalue weighted by Gasteiger charge is 2.27. The van der Waals surface area contributed by atoms with Gasteiger partial charge >= 0.3 is 0 Å². The van der Waals surface area contributed by atoms with Crippen molar-refractivity contribution in [2.45, 2.75) is 26.9 Å². The molecule has 0 radical (unpaired) electrons. The van der Waals surface area contributed by atoms with Crippen molar-refractivity contribution < 1.29 is 18.3 Å². The number of hydrogen-bond donors (Lipinski definition) is 1. The predicted octanol–water partition coefficient (Wildman–Crippen LogP) is 3.59. The maximum Gasteiger partial charge on any atom is 0.268 e. The molecule has 0 bridgehead atoms. The fourth-order valence-electron chi connectivity index (χ4n) is 4.21. The number of rotatable bonds is 6. The monoisotopic (exact) mass is 440 g/mol. The minimum absolute atomic E-state index is 0.218. The van der Waals surface area contributed by atoms with Gasteiger partial charge in [-0.3, -0.25) is 9.78 Å². The van der Waals surface area contributed by atoms with E-state index < -0.39 is 11.6 Å². The number of nitrogens with zero attached hydrogens (tertiary/aromatic N) is 3. The van der Waals surface area contributed by atoms with E-state index >= 15 is 0 Å². The molecule has 2 aromatic heterocycles. The molecule has 168 valence electrons. The summed E-state index contributed by atoms with van der Waals surface area (Å²) >= 11 is 0. The van der Waals surface area contributed by atoms with Gasteiger partial charge in [0.25, 0.3) is 5.91 Å². The highest BCUT2D eigenvalue weighted by atomic mass is 19.2. The SMILES string of the molecule is Cc1c(N2CCOCC2)c(C)n(Cc2ccc(F)c(F)c2)c1C(=O)NCc1ccncc1. The summed E-state index contributed by atoms with van der Waals surface area (Å²) in [6, 6.07) is 7.52. The molecule has 1 fully saturated rings. The number of pyridine rings is 1. The van der Waals surface area contributed by atoms with E-state index in [0.717, 1.165) is 41.7 Å². The smallest absolute Gasteiger partial charge is 0.268 e. The van der Waals surface area contributed by atoms with E-state index in [-0.39, 0.29) is 12.5 Å². The van der Waals surface area contributed by atoms with Gasteiger partial charge in [-0.2, -0.15) is 0 Å². The van der Waals surface area contributed by atoms with Gasteiger partial charge < -0.3 is 19.5 Å². The third-order valence-electron chi connectivity index (χ3n) is 5.80. The number of ether oxygens (including phenoxy) is 1. The fourth-order valence-corrected chi connectivity index (χ4v) is 4.21. The molecule has 3 heterocycles. The molecule has 1 aromatic carbocycles. The second-order valence-electron chi connectivity index (χ2n) is 7.88. The first-order valence-electron chi connectivity index (χ1n) is 10.6. The number of morpholine rings is 1. The Morgan fingerprint density at radius 2 is 1.78 bits per heavy atom. The van der Waals surface area contributed by atoms with Crippen molar-refractivity contribution in [3.8, 4) is 0 Å². The first-order chi connectivity index (χ1) is 15.5. The number of nitrogens with one attached hydrogen (secondary N) is 1. The fraction of sp³-hybridized carbons (Fsp3) is 0.333. The van der Waals surface area contributed by atoms with E-state index in [4.69, 9.17) is 4.74 Å². The number of benzene rings is 1. The Morgan fingerprint density at radius 1 is 1.06 bits per heavy atom. The molecule has 0 aliphatic carbocycles. The first-order valence-corrected chi connectivity index (χ1v) is 10.6. The lowest BCUT2D eigenvalue weighted by molar-refractivity contribution is 0.0941. The van der Waals surface area contributed by atoms with E-state index in [1.807, 2.05) is 30.5 Å².